The molecule has 0 aromatic heterocycles. The van der Waals surface area contributed by atoms with E-state index in [9.17, 15) is 9.90 Å². The number of rotatable bonds is 3. The van der Waals surface area contributed by atoms with Gasteiger partial charge in [0.05, 0.1) is 5.56 Å². The van der Waals surface area contributed by atoms with E-state index in [1.165, 1.54) is 0 Å². The van der Waals surface area contributed by atoms with Gasteiger partial charge in [-0.1, -0.05) is 18.2 Å². The van der Waals surface area contributed by atoms with Crippen LogP contribution in [0.5, 0.6) is 5.75 Å². The summed E-state index contributed by atoms with van der Waals surface area (Å²) in [5.41, 5.74) is 1.34. The van der Waals surface area contributed by atoms with Gasteiger partial charge >= 0.3 is 0 Å². The van der Waals surface area contributed by atoms with Crippen molar-refractivity contribution in [2.75, 3.05) is 0 Å². The minimum Gasteiger partial charge on any atom is -0.507 e. The van der Waals surface area contributed by atoms with Gasteiger partial charge in [-0.25, -0.2) is 0 Å². The maximum Gasteiger partial charge on any atom is 0.153 e. The summed E-state index contributed by atoms with van der Waals surface area (Å²) in [6.45, 7) is 1.94. The Morgan fingerprint density at radius 3 is 2.77 bits per heavy atom. The van der Waals surface area contributed by atoms with Crippen LogP contribution in [0.25, 0.3) is 0 Å². The summed E-state index contributed by atoms with van der Waals surface area (Å²) in [6.07, 6.45) is 5.37. The van der Waals surface area contributed by atoms with E-state index < -0.39 is 0 Å². The molecule has 0 bridgehead atoms. The van der Waals surface area contributed by atoms with E-state index in [4.69, 9.17) is 0 Å². The van der Waals surface area contributed by atoms with Crippen molar-refractivity contribution < 1.29 is 9.90 Å². The highest BCUT2D eigenvalue weighted by atomic mass is 16.3. The SMILES string of the molecule is CC=CCc1ccc(C=O)c(O)c1. The van der Waals surface area contributed by atoms with Crippen LogP contribution in [0, 0.1) is 0 Å². The number of carbonyl (C=O) groups is 1. The van der Waals surface area contributed by atoms with Crippen LogP contribution in [-0.2, 0) is 6.42 Å². The molecule has 1 rings (SSSR count). The van der Waals surface area contributed by atoms with E-state index in [1.54, 1.807) is 12.1 Å². The van der Waals surface area contributed by atoms with Crippen molar-refractivity contribution in [1.29, 1.82) is 0 Å². The smallest absolute Gasteiger partial charge is 0.153 e. The van der Waals surface area contributed by atoms with Crippen LogP contribution in [0.4, 0.5) is 0 Å². The van der Waals surface area contributed by atoms with E-state index in [1.807, 2.05) is 25.1 Å². The predicted octanol–water partition coefficient (Wildman–Crippen LogP) is 2.32. The summed E-state index contributed by atoms with van der Waals surface area (Å²) in [5, 5.41) is 9.34. The molecule has 0 amide bonds. The molecule has 0 aliphatic rings. The molecule has 13 heavy (non-hydrogen) atoms. The predicted molar refractivity (Wildman–Crippen MR) is 52.0 cm³/mol. The van der Waals surface area contributed by atoms with Gasteiger partial charge < -0.3 is 5.11 Å². The molecule has 0 aliphatic carbocycles. The average molecular weight is 176 g/mol. The highest BCUT2D eigenvalue weighted by molar-refractivity contribution is 5.79. The molecule has 0 saturated heterocycles. The number of aromatic hydroxyl groups is 1. The van der Waals surface area contributed by atoms with E-state index in [0.29, 0.717) is 11.8 Å². The molecule has 1 N–H and O–H groups in total. The highest BCUT2D eigenvalue weighted by Gasteiger charge is 1.99. The first kappa shape index (κ1) is 9.52. The lowest BCUT2D eigenvalue weighted by Crippen LogP contribution is -1.85. The average Bonchev–Trinajstić information content (AvgIpc) is 2.15. The largest absolute Gasteiger partial charge is 0.507 e. The van der Waals surface area contributed by atoms with E-state index in [-0.39, 0.29) is 5.75 Å². The Labute approximate surface area is 77.5 Å². The van der Waals surface area contributed by atoms with Crippen molar-refractivity contribution in [1.82, 2.24) is 0 Å². The van der Waals surface area contributed by atoms with Crippen LogP contribution >= 0.6 is 0 Å². The first-order valence-corrected chi connectivity index (χ1v) is 4.16. The lowest BCUT2D eigenvalue weighted by molar-refractivity contribution is 0.112. The quantitative estimate of drug-likeness (QED) is 0.567. The zero-order valence-electron chi connectivity index (χ0n) is 7.53. The van der Waals surface area contributed by atoms with Crippen molar-refractivity contribution in [2.24, 2.45) is 0 Å². The Hall–Kier alpha value is -1.57. The van der Waals surface area contributed by atoms with Crippen molar-refractivity contribution in [3.63, 3.8) is 0 Å². The number of carbonyl (C=O) groups excluding carboxylic acids is 1. The summed E-state index contributed by atoms with van der Waals surface area (Å²) in [5.74, 6) is 0.0528. The third-order valence-corrected chi connectivity index (χ3v) is 1.81. The van der Waals surface area contributed by atoms with Crippen molar-refractivity contribution >= 4 is 6.29 Å². The van der Waals surface area contributed by atoms with Gasteiger partial charge in [-0.15, -0.1) is 0 Å². The molecule has 0 heterocycles. The summed E-state index contributed by atoms with van der Waals surface area (Å²) < 4.78 is 0. The molecule has 1 aromatic carbocycles. The number of benzene rings is 1. The van der Waals surface area contributed by atoms with Crippen LogP contribution < -0.4 is 0 Å². The second kappa shape index (κ2) is 4.45. The van der Waals surface area contributed by atoms with Gasteiger partial charge in [0.15, 0.2) is 6.29 Å². The first-order chi connectivity index (χ1) is 6.27. The fraction of sp³-hybridized carbons (Fsp3) is 0.182. The van der Waals surface area contributed by atoms with Gasteiger partial charge in [0, 0.05) is 0 Å². The van der Waals surface area contributed by atoms with Gasteiger partial charge in [0.25, 0.3) is 0 Å². The molecule has 0 atom stereocenters. The number of aldehydes is 1. The topological polar surface area (TPSA) is 37.3 Å². The van der Waals surface area contributed by atoms with Crippen LogP contribution in [0.15, 0.2) is 30.4 Å². The molecule has 0 aliphatic heterocycles. The Morgan fingerprint density at radius 1 is 1.46 bits per heavy atom. The van der Waals surface area contributed by atoms with Crippen molar-refractivity contribution in [3.8, 4) is 5.75 Å². The fourth-order valence-corrected chi connectivity index (χ4v) is 1.07. The maximum absolute atomic E-state index is 10.4. The second-order valence-corrected chi connectivity index (χ2v) is 2.78. The van der Waals surface area contributed by atoms with Crippen molar-refractivity contribution in [2.45, 2.75) is 13.3 Å². The number of hydrogen-bond donors (Lipinski definition) is 1. The van der Waals surface area contributed by atoms with E-state index >= 15 is 0 Å². The zero-order chi connectivity index (χ0) is 9.68. The molecule has 1 aromatic rings. The Balaban J connectivity index is 2.89. The van der Waals surface area contributed by atoms with Gasteiger partial charge in [-0.05, 0) is 31.0 Å². The number of phenols is 1. The maximum atomic E-state index is 10.4. The van der Waals surface area contributed by atoms with Gasteiger partial charge in [-0.2, -0.15) is 0 Å². The molecule has 2 nitrogen and oxygen atoms in total. The summed E-state index contributed by atoms with van der Waals surface area (Å²) in [6, 6.07) is 5.08. The molecule has 68 valence electrons. The lowest BCUT2D eigenvalue weighted by atomic mass is 10.1. The van der Waals surface area contributed by atoms with Gasteiger partial charge in [-0.3, -0.25) is 4.79 Å². The zero-order valence-corrected chi connectivity index (χ0v) is 7.53. The molecular weight excluding hydrogens is 164 g/mol. The standard InChI is InChI=1S/C11H12O2/c1-2-3-4-9-5-6-10(8-12)11(13)7-9/h2-3,5-8,13H,4H2,1H3. The third kappa shape index (κ3) is 2.44. The monoisotopic (exact) mass is 176 g/mol. The van der Waals surface area contributed by atoms with Crippen molar-refractivity contribution in [3.05, 3.63) is 41.5 Å². The molecule has 0 fully saturated rings. The van der Waals surface area contributed by atoms with Gasteiger partial charge in [0.1, 0.15) is 5.75 Å². The Bertz CT molecular complexity index is 327. The molecule has 0 spiro atoms. The lowest BCUT2D eigenvalue weighted by Gasteiger charge is -2.00. The summed E-state index contributed by atoms with van der Waals surface area (Å²) in [4.78, 5) is 10.4. The summed E-state index contributed by atoms with van der Waals surface area (Å²) >= 11 is 0. The number of hydrogen-bond acceptors (Lipinski definition) is 2. The van der Waals surface area contributed by atoms with E-state index in [2.05, 4.69) is 0 Å². The van der Waals surface area contributed by atoms with Crippen LogP contribution in [0.2, 0.25) is 0 Å². The number of phenolic OH excluding ortho intramolecular Hbond substituents is 1. The molecule has 0 saturated carbocycles. The Kier molecular flexibility index (Phi) is 3.26. The normalized spacial score (nSPS) is 10.5. The molecule has 2 heteroatoms. The van der Waals surface area contributed by atoms with Crippen LogP contribution in [0.3, 0.4) is 0 Å². The highest BCUT2D eigenvalue weighted by Crippen LogP contribution is 2.17. The Morgan fingerprint density at radius 2 is 2.23 bits per heavy atom. The van der Waals surface area contributed by atoms with Crippen LogP contribution in [0.1, 0.15) is 22.8 Å². The third-order valence-electron chi connectivity index (χ3n) is 1.81. The molecular formula is C11H12O2. The molecule has 0 radical (unpaired) electrons. The minimum absolute atomic E-state index is 0.0528. The van der Waals surface area contributed by atoms with Gasteiger partial charge in [0.2, 0.25) is 0 Å². The second-order valence-electron chi connectivity index (χ2n) is 2.78. The number of allylic oxidation sites excluding steroid dienone is 2. The summed E-state index contributed by atoms with van der Waals surface area (Å²) in [7, 11) is 0. The first-order valence-electron chi connectivity index (χ1n) is 4.16. The van der Waals surface area contributed by atoms with E-state index in [0.717, 1.165) is 12.0 Å². The fourth-order valence-electron chi connectivity index (χ4n) is 1.07. The minimum atomic E-state index is 0.0528. The van der Waals surface area contributed by atoms with Crippen LogP contribution in [-0.4, -0.2) is 11.4 Å². The molecule has 0 unspecified atom stereocenters.